The molecule has 1 unspecified atom stereocenters. The Morgan fingerprint density at radius 3 is 2.79 bits per heavy atom. The van der Waals surface area contributed by atoms with E-state index < -0.39 is 0 Å². The fourth-order valence-electron chi connectivity index (χ4n) is 3.24. The lowest BCUT2D eigenvalue weighted by Crippen LogP contribution is -2.12. The van der Waals surface area contributed by atoms with Crippen LogP contribution in [0.15, 0.2) is 55.2 Å². The molecule has 0 radical (unpaired) electrons. The van der Waals surface area contributed by atoms with E-state index in [2.05, 4.69) is 25.3 Å². The van der Waals surface area contributed by atoms with E-state index in [1.807, 2.05) is 25.1 Å². The Labute approximate surface area is 166 Å². The predicted octanol–water partition coefficient (Wildman–Crippen LogP) is 3.85. The number of nitriles is 1. The number of halogens is 1. The highest BCUT2D eigenvalue weighted by molar-refractivity contribution is 5.96. The van der Waals surface area contributed by atoms with Crippen molar-refractivity contribution in [2.45, 2.75) is 13.0 Å². The molecule has 0 aliphatic heterocycles. The van der Waals surface area contributed by atoms with Crippen molar-refractivity contribution in [1.29, 1.82) is 5.26 Å². The number of pyridine rings is 2. The van der Waals surface area contributed by atoms with Gasteiger partial charge in [-0.05, 0) is 30.7 Å². The lowest BCUT2D eigenvalue weighted by atomic mass is 9.94. The van der Waals surface area contributed by atoms with Gasteiger partial charge in [-0.2, -0.15) is 5.26 Å². The number of anilines is 2. The summed E-state index contributed by atoms with van der Waals surface area (Å²) in [6.07, 6.45) is 6.43. The first-order valence-electron chi connectivity index (χ1n) is 8.84. The molecular weight excluding hydrogens is 369 g/mol. The molecule has 4 aromatic rings. The maximum absolute atomic E-state index is 13.7. The highest BCUT2D eigenvalue weighted by Gasteiger charge is 2.19. The summed E-state index contributed by atoms with van der Waals surface area (Å²) in [6, 6.07) is 10.0. The van der Waals surface area contributed by atoms with Crippen LogP contribution in [-0.2, 0) is 0 Å². The fourth-order valence-corrected chi connectivity index (χ4v) is 3.24. The van der Waals surface area contributed by atoms with Crippen LogP contribution in [0.1, 0.15) is 24.1 Å². The smallest absolute Gasteiger partial charge is 0.150 e. The summed E-state index contributed by atoms with van der Waals surface area (Å²) in [5.74, 6) is 0.0943. The summed E-state index contributed by atoms with van der Waals surface area (Å²) >= 11 is 0. The van der Waals surface area contributed by atoms with Gasteiger partial charge in [-0.15, -0.1) is 0 Å². The van der Waals surface area contributed by atoms with Gasteiger partial charge in [-0.25, -0.2) is 14.4 Å². The number of hydrogen-bond acceptors (Lipinski definition) is 7. The molecule has 0 bridgehead atoms. The van der Waals surface area contributed by atoms with Crippen molar-refractivity contribution in [2.75, 3.05) is 11.1 Å². The molecule has 3 heterocycles. The monoisotopic (exact) mass is 385 g/mol. The molecule has 8 heteroatoms. The van der Waals surface area contributed by atoms with Crippen molar-refractivity contribution in [3.63, 3.8) is 0 Å². The van der Waals surface area contributed by atoms with Crippen LogP contribution in [0.5, 0.6) is 0 Å². The molecular formula is C21H16FN7. The van der Waals surface area contributed by atoms with Crippen molar-refractivity contribution in [3.05, 3.63) is 72.2 Å². The number of rotatable bonds is 4. The zero-order chi connectivity index (χ0) is 20.4. The van der Waals surface area contributed by atoms with Gasteiger partial charge in [-0.1, -0.05) is 6.07 Å². The fraction of sp³-hybridized carbons (Fsp3) is 0.0952. The first kappa shape index (κ1) is 18.3. The third kappa shape index (κ3) is 3.41. The third-order valence-electron chi connectivity index (χ3n) is 4.62. The lowest BCUT2D eigenvalue weighted by molar-refractivity contribution is 0.629. The Hall–Kier alpha value is -4.12. The van der Waals surface area contributed by atoms with Crippen LogP contribution in [0.4, 0.5) is 16.0 Å². The molecule has 0 saturated heterocycles. The molecule has 1 atom stereocenters. The molecule has 7 nitrogen and oxygen atoms in total. The van der Waals surface area contributed by atoms with Crippen LogP contribution in [-0.4, -0.2) is 19.9 Å². The van der Waals surface area contributed by atoms with Gasteiger partial charge < -0.3 is 11.1 Å². The highest BCUT2D eigenvalue weighted by Crippen LogP contribution is 2.35. The van der Waals surface area contributed by atoms with Gasteiger partial charge in [0, 0.05) is 41.2 Å². The molecule has 1 aromatic carbocycles. The maximum Gasteiger partial charge on any atom is 0.150 e. The SMILES string of the molecule is CC(Nc1ncnc(N)c1C#N)c1cnc2cc(F)ccc2c1-c1cccnc1. The molecule has 0 amide bonds. The standard InChI is InChI=1S/C21H16FN7/c1-12(29-21-16(8-23)20(24)27-11-28-21)17-10-26-18-7-14(22)4-5-15(18)19(17)13-3-2-6-25-9-13/h2-7,9-12H,1H3,(H3,24,27,28,29). The van der Waals surface area contributed by atoms with Crippen LogP contribution >= 0.6 is 0 Å². The number of aromatic nitrogens is 4. The van der Waals surface area contributed by atoms with E-state index in [4.69, 9.17) is 5.73 Å². The van der Waals surface area contributed by atoms with Gasteiger partial charge in [0.05, 0.1) is 11.6 Å². The molecule has 0 spiro atoms. The summed E-state index contributed by atoms with van der Waals surface area (Å²) < 4.78 is 13.7. The maximum atomic E-state index is 13.7. The van der Waals surface area contributed by atoms with Gasteiger partial charge in [0.2, 0.25) is 0 Å². The Bertz CT molecular complexity index is 1240. The zero-order valence-corrected chi connectivity index (χ0v) is 15.5. The molecule has 0 aliphatic carbocycles. The predicted molar refractivity (Wildman–Crippen MR) is 108 cm³/mol. The molecule has 29 heavy (non-hydrogen) atoms. The number of nitrogens with one attached hydrogen (secondary N) is 1. The van der Waals surface area contributed by atoms with Gasteiger partial charge in [0.15, 0.2) is 0 Å². The Morgan fingerprint density at radius 2 is 2.03 bits per heavy atom. The van der Waals surface area contributed by atoms with Crippen LogP contribution < -0.4 is 11.1 Å². The largest absolute Gasteiger partial charge is 0.382 e. The van der Waals surface area contributed by atoms with E-state index in [1.165, 1.54) is 18.5 Å². The van der Waals surface area contributed by atoms with E-state index in [9.17, 15) is 9.65 Å². The Kier molecular flexibility index (Phi) is 4.71. The van der Waals surface area contributed by atoms with E-state index in [-0.39, 0.29) is 23.2 Å². The van der Waals surface area contributed by atoms with Crippen molar-refractivity contribution in [3.8, 4) is 17.2 Å². The van der Waals surface area contributed by atoms with Crippen LogP contribution in [0.25, 0.3) is 22.0 Å². The second kappa shape index (κ2) is 7.48. The molecule has 142 valence electrons. The van der Waals surface area contributed by atoms with Crippen LogP contribution in [0.2, 0.25) is 0 Å². The number of fused-ring (bicyclic) bond motifs is 1. The summed E-state index contributed by atoms with van der Waals surface area (Å²) in [4.78, 5) is 16.6. The molecule has 3 N–H and O–H groups in total. The minimum atomic E-state index is -0.351. The zero-order valence-electron chi connectivity index (χ0n) is 15.5. The summed E-state index contributed by atoms with van der Waals surface area (Å²) in [5, 5.41) is 13.4. The number of nitrogen functional groups attached to an aromatic ring is 1. The summed E-state index contributed by atoms with van der Waals surface area (Å²) in [5.41, 5.74) is 9.11. The first-order valence-corrected chi connectivity index (χ1v) is 8.84. The van der Waals surface area contributed by atoms with Crippen molar-refractivity contribution >= 4 is 22.5 Å². The van der Waals surface area contributed by atoms with Gasteiger partial charge in [0.25, 0.3) is 0 Å². The number of hydrogen-bond donors (Lipinski definition) is 2. The number of nitrogens with two attached hydrogens (primary N) is 1. The van der Waals surface area contributed by atoms with E-state index >= 15 is 0 Å². The van der Waals surface area contributed by atoms with Gasteiger partial charge in [-0.3, -0.25) is 9.97 Å². The third-order valence-corrected chi connectivity index (χ3v) is 4.62. The first-order chi connectivity index (χ1) is 14.1. The van der Waals surface area contributed by atoms with E-state index in [0.29, 0.717) is 11.3 Å². The van der Waals surface area contributed by atoms with Crippen molar-refractivity contribution in [1.82, 2.24) is 19.9 Å². The van der Waals surface area contributed by atoms with Crippen molar-refractivity contribution in [2.24, 2.45) is 0 Å². The van der Waals surface area contributed by atoms with Crippen molar-refractivity contribution < 1.29 is 4.39 Å². The Morgan fingerprint density at radius 1 is 1.17 bits per heavy atom. The quantitative estimate of drug-likeness (QED) is 0.548. The normalized spacial score (nSPS) is 11.8. The summed E-state index contributed by atoms with van der Waals surface area (Å²) in [6.45, 7) is 1.92. The molecule has 3 aromatic heterocycles. The average molecular weight is 385 g/mol. The van der Waals surface area contributed by atoms with Gasteiger partial charge >= 0.3 is 0 Å². The molecule has 0 saturated carbocycles. The van der Waals surface area contributed by atoms with Crippen LogP contribution in [0, 0.1) is 17.1 Å². The minimum absolute atomic E-state index is 0.108. The second-order valence-corrected chi connectivity index (χ2v) is 6.45. The minimum Gasteiger partial charge on any atom is -0.382 e. The average Bonchev–Trinajstić information content (AvgIpc) is 2.73. The molecule has 4 rings (SSSR count). The van der Waals surface area contributed by atoms with Crippen LogP contribution in [0.3, 0.4) is 0 Å². The van der Waals surface area contributed by atoms with Gasteiger partial charge in [0.1, 0.15) is 35.4 Å². The topological polar surface area (TPSA) is 113 Å². The lowest BCUT2D eigenvalue weighted by Gasteiger charge is -2.20. The van der Waals surface area contributed by atoms with E-state index in [0.717, 1.165) is 22.1 Å². The number of benzene rings is 1. The van der Waals surface area contributed by atoms with E-state index in [1.54, 1.807) is 24.7 Å². The Balaban J connectivity index is 1.87. The molecule has 0 aliphatic rings. The second-order valence-electron chi connectivity index (χ2n) is 6.45. The molecule has 0 fully saturated rings. The summed E-state index contributed by atoms with van der Waals surface area (Å²) in [7, 11) is 0. The number of nitrogens with zero attached hydrogens (tertiary/aromatic N) is 5. The highest BCUT2D eigenvalue weighted by atomic mass is 19.1.